The van der Waals surface area contributed by atoms with Crippen molar-refractivity contribution in [2.24, 2.45) is 5.73 Å². The summed E-state index contributed by atoms with van der Waals surface area (Å²) in [4.78, 5) is 11.8. The quantitative estimate of drug-likeness (QED) is 0.759. The molecule has 0 saturated carbocycles. The lowest BCUT2D eigenvalue weighted by Gasteiger charge is -2.11. The first-order valence-corrected chi connectivity index (χ1v) is 6.15. The molecule has 0 bridgehead atoms. The Morgan fingerprint density at radius 2 is 2.16 bits per heavy atom. The Balaban J connectivity index is 2.73. The summed E-state index contributed by atoms with van der Waals surface area (Å²) in [6.07, 6.45) is 1.49. The Morgan fingerprint density at radius 3 is 2.79 bits per heavy atom. The van der Waals surface area contributed by atoms with Crippen LogP contribution in [0.1, 0.15) is 23.2 Å². The number of nitrogens with one attached hydrogen (secondary N) is 1. The van der Waals surface area contributed by atoms with Crippen LogP contribution in [0.3, 0.4) is 0 Å². The number of halogens is 3. The van der Waals surface area contributed by atoms with Gasteiger partial charge in [0.1, 0.15) is 5.75 Å². The van der Waals surface area contributed by atoms with Crippen molar-refractivity contribution < 1.29 is 18.3 Å². The zero-order valence-corrected chi connectivity index (χ0v) is 10.9. The molecule has 106 valence electrons. The van der Waals surface area contributed by atoms with Gasteiger partial charge >= 0.3 is 6.61 Å². The lowest BCUT2D eigenvalue weighted by molar-refractivity contribution is -0.0501. The minimum atomic E-state index is -3.00. The molecule has 0 atom stereocenters. The van der Waals surface area contributed by atoms with Crippen molar-refractivity contribution in [1.29, 1.82) is 0 Å². The Labute approximate surface area is 114 Å². The summed E-state index contributed by atoms with van der Waals surface area (Å²) in [6, 6.07) is 3.91. The number of rotatable bonds is 7. The summed E-state index contributed by atoms with van der Waals surface area (Å²) < 4.78 is 28.7. The molecule has 1 amide bonds. The molecule has 0 heterocycles. The maximum Gasteiger partial charge on any atom is 0.387 e. The number of hydrogen-bond acceptors (Lipinski definition) is 3. The molecular formula is C12H15ClF2N2O2. The largest absolute Gasteiger partial charge is 0.434 e. The number of hydrogen-bond donors (Lipinski definition) is 2. The molecule has 19 heavy (non-hydrogen) atoms. The molecule has 0 aromatic heterocycles. The van der Waals surface area contributed by atoms with Crippen LogP contribution in [0.15, 0.2) is 18.2 Å². The fraction of sp³-hybridized carbons (Fsp3) is 0.417. The van der Waals surface area contributed by atoms with E-state index in [1.54, 1.807) is 0 Å². The second-order valence-corrected chi connectivity index (χ2v) is 4.21. The van der Waals surface area contributed by atoms with E-state index >= 15 is 0 Å². The molecule has 7 heteroatoms. The van der Waals surface area contributed by atoms with Crippen molar-refractivity contribution >= 4 is 17.5 Å². The predicted octanol–water partition coefficient (Wildman–Crippen LogP) is 2.41. The van der Waals surface area contributed by atoms with Crippen molar-refractivity contribution in [2.45, 2.75) is 19.5 Å². The third-order valence-electron chi connectivity index (χ3n) is 2.32. The van der Waals surface area contributed by atoms with Gasteiger partial charge in [0, 0.05) is 11.6 Å². The van der Waals surface area contributed by atoms with Crippen molar-refractivity contribution in [1.82, 2.24) is 5.32 Å². The van der Waals surface area contributed by atoms with E-state index in [2.05, 4.69) is 10.1 Å². The maximum atomic E-state index is 12.2. The number of ether oxygens (including phenoxy) is 1. The maximum absolute atomic E-state index is 12.2. The van der Waals surface area contributed by atoms with Gasteiger partial charge in [-0.1, -0.05) is 11.6 Å². The third kappa shape index (κ3) is 5.40. The van der Waals surface area contributed by atoms with Gasteiger partial charge in [0.05, 0.1) is 5.56 Å². The zero-order valence-electron chi connectivity index (χ0n) is 10.2. The van der Waals surface area contributed by atoms with Gasteiger partial charge in [-0.2, -0.15) is 8.78 Å². The number of alkyl halides is 2. The van der Waals surface area contributed by atoms with Gasteiger partial charge in [0.25, 0.3) is 5.91 Å². The number of carbonyl (C=O) groups is 1. The summed E-state index contributed by atoms with van der Waals surface area (Å²) in [5, 5.41) is 2.87. The van der Waals surface area contributed by atoms with Crippen LogP contribution >= 0.6 is 11.6 Å². The smallest absolute Gasteiger partial charge is 0.387 e. The summed E-state index contributed by atoms with van der Waals surface area (Å²) in [7, 11) is 0. The molecule has 3 N–H and O–H groups in total. The highest BCUT2D eigenvalue weighted by molar-refractivity contribution is 6.31. The average molecular weight is 293 g/mol. The first-order valence-electron chi connectivity index (χ1n) is 5.77. The van der Waals surface area contributed by atoms with E-state index in [9.17, 15) is 13.6 Å². The Bertz CT molecular complexity index is 430. The van der Waals surface area contributed by atoms with Crippen molar-refractivity contribution in [3.05, 3.63) is 28.8 Å². The molecule has 0 saturated heterocycles. The Kier molecular flexibility index (Phi) is 6.52. The van der Waals surface area contributed by atoms with E-state index in [1.807, 2.05) is 0 Å². The van der Waals surface area contributed by atoms with Crippen molar-refractivity contribution in [3.63, 3.8) is 0 Å². The molecule has 4 nitrogen and oxygen atoms in total. The highest BCUT2D eigenvalue weighted by Gasteiger charge is 2.16. The van der Waals surface area contributed by atoms with Crippen LogP contribution in [-0.2, 0) is 0 Å². The molecule has 0 radical (unpaired) electrons. The fourth-order valence-corrected chi connectivity index (χ4v) is 1.62. The van der Waals surface area contributed by atoms with E-state index in [-0.39, 0.29) is 16.3 Å². The van der Waals surface area contributed by atoms with Crippen LogP contribution in [-0.4, -0.2) is 25.6 Å². The van der Waals surface area contributed by atoms with Gasteiger partial charge in [-0.05, 0) is 37.6 Å². The molecule has 1 rings (SSSR count). The normalized spacial score (nSPS) is 10.6. The second-order valence-electron chi connectivity index (χ2n) is 3.77. The monoisotopic (exact) mass is 292 g/mol. The molecule has 1 aromatic carbocycles. The summed E-state index contributed by atoms with van der Waals surface area (Å²) >= 11 is 5.74. The number of nitrogens with two attached hydrogens (primary N) is 1. The van der Waals surface area contributed by atoms with Gasteiger partial charge in [0.15, 0.2) is 0 Å². The molecular weight excluding hydrogens is 278 g/mol. The van der Waals surface area contributed by atoms with Crippen LogP contribution in [0.5, 0.6) is 5.75 Å². The standard InChI is InChI=1S/C12H15ClF2N2O2/c13-8-3-4-10(19-12(14)15)9(7-8)11(18)17-6-2-1-5-16/h3-4,7,12H,1-2,5-6,16H2,(H,17,18). The van der Waals surface area contributed by atoms with Gasteiger partial charge in [-0.15, -0.1) is 0 Å². The van der Waals surface area contributed by atoms with E-state index < -0.39 is 12.5 Å². The topological polar surface area (TPSA) is 64.3 Å². The number of amides is 1. The Morgan fingerprint density at radius 1 is 1.42 bits per heavy atom. The molecule has 0 aliphatic rings. The van der Waals surface area contributed by atoms with Crippen LogP contribution in [0.2, 0.25) is 5.02 Å². The van der Waals surface area contributed by atoms with Gasteiger partial charge in [-0.3, -0.25) is 4.79 Å². The molecule has 0 aliphatic carbocycles. The predicted molar refractivity (Wildman–Crippen MR) is 68.7 cm³/mol. The third-order valence-corrected chi connectivity index (χ3v) is 2.55. The fourth-order valence-electron chi connectivity index (χ4n) is 1.44. The first-order chi connectivity index (χ1) is 9.04. The average Bonchev–Trinajstić information content (AvgIpc) is 2.36. The molecule has 0 aliphatic heterocycles. The van der Waals surface area contributed by atoms with Gasteiger partial charge in [-0.25, -0.2) is 0 Å². The highest BCUT2D eigenvalue weighted by Crippen LogP contribution is 2.24. The molecule has 1 aromatic rings. The van der Waals surface area contributed by atoms with Crippen LogP contribution in [0.4, 0.5) is 8.78 Å². The zero-order chi connectivity index (χ0) is 14.3. The summed E-state index contributed by atoms with van der Waals surface area (Å²) in [6.45, 7) is -2.05. The lowest BCUT2D eigenvalue weighted by Crippen LogP contribution is -2.25. The van der Waals surface area contributed by atoms with Crippen LogP contribution in [0.25, 0.3) is 0 Å². The molecule has 0 unspecified atom stereocenters. The summed E-state index contributed by atoms with van der Waals surface area (Å²) in [5.41, 5.74) is 5.31. The minimum absolute atomic E-state index is 0.0134. The van der Waals surface area contributed by atoms with Crippen LogP contribution < -0.4 is 15.8 Å². The van der Waals surface area contributed by atoms with E-state index in [1.165, 1.54) is 18.2 Å². The lowest BCUT2D eigenvalue weighted by atomic mass is 10.2. The SMILES string of the molecule is NCCCCNC(=O)c1cc(Cl)ccc1OC(F)F. The van der Waals surface area contributed by atoms with E-state index in [0.717, 1.165) is 6.42 Å². The van der Waals surface area contributed by atoms with E-state index in [0.29, 0.717) is 19.5 Å². The highest BCUT2D eigenvalue weighted by atomic mass is 35.5. The van der Waals surface area contributed by atoms with Crippen molar-refractivity contribution in [2.75, 3.05) is 13.1 Å². The minimum Gasteiger partial charge on any atom is -0.434 e. The summed E-state index contributed by atoms with van der Waals surface area (Å²) in [5.74, 6) is -0.703. The second kappa shape index (κ2) is 7.91. The first kappa shape index (κ1) is 15.7. The van der Waals surface area contributed by atoms with Gasteiger partial charge in [0.2, 0.25) is 0 Å². The number of unbranched alkanes of at least 4 members (excludes halogenated alkanes) is 1. The molecule has 0 spiro atoms. The van der Waals surface area contributed by atoms with E-state index in [4.69, 9.17) is 17.3 Å². The number of benzene rings is 1. The van der Waals surface area contributed by atoms with Gasteiger partial charge < -0.3 is 15.8 Å². The Hall–Kier alpha value is -1.40. The molecule has 0 fully saturated rings. The number of carbonyl (C=O) groups excluding carboxylic acids is 1. The van der Waals surface area contributed by atoms with Crippen LogP contribution in [0, 0.1) is 0 Å². The van der Waals surface area contributed by atoms with Crippen molar-refractivity contribution in [3.8, 4) is 5.75 Å².